The number of piperazine rings is 1. The van der Waals surface area contributed by atoms with Gasteiger partial charge in [-0.2, -0.15) is 0 Å². The molecule has 2 N–H and O–H groups in total. The number of hydrogen-bond acceptors (Lipinski definition) is 4. The summed E-state index contributed by atoms with van der Waals surface area (Å²) in [5.41, 5.74) is 6.03. The van der Waals surface area contributed by atoms with Crippen molar-refractivity contribution in [3.8, 4) is 0 Å². The van der Waals surface area contributed by atoms with Crippen molar-refractivity contribution in [2.75, 3.05) is 39.3 Å². The molecule has 1 aliphatic heterocycles. The standard InChI is InChI=1S/C12H21N5O/c1-15-9-11(14-10-15)12(18)17-7-5-16(6-8-17)4-2-3-13/h9-10H,2-8,13H2,1H3. The predicted octanol–water partition coefficient (Wildman–Crippen LogP) is -0.473. The molecule has 6 heteroatoms. The van der Waals surface area contributed by atoms with Crippen LogP contribution in [0.25, 0.3) is 0 Å². The van der Waals surface area contributed by atoms with Gasteiger partial charge < -0.3 is 15.2 Å². The molecule has 1 saturated heterocycles. The Morgan fingerprint density at radius 3 is 2.67 bits per heavy atom. The first kappa shape index (κ1) is 13.0. The van der Waals surface area contributed by atoms with Crippen LogP contribution in [0.4, 0.5) is 0 Å². The molecule has 1 fully saturated rings. The Bertz CT molecular complexity index is 395. The number of carbonyl (C=O) groups is 1. The molecule has 0 aromatic carbocycles. The molecule has 1 aromatic rings. The van der Waals surface area contributed by atoms with Crippen LogP contribution in [0, 0.1) is 0 Å². The second-order valence-corrected chi connectivity index (χ2v) is 4.70. The molecule has 0 bridgehead atoms. The fraction of sp³-hybridized carbons (Fsp3) is 0.667. The number of aryl methyl sites for hydroxylation is 1. The smallest absolute Gasteiger partial charge is 0.274 e. The summed E-state index contributed by atoms with van der Waals surface area (Å²) in [7, 11) is 1.87. The molecule has 100 valence electrons. The average molecular weight is 251 g/mol. The summed E-state index contributed by atoms with van der Waals surface area (Å²) < 4.78 is 1.80. The zero-order valence-corrected chi connectivity index (χ0v) is 10.9. The molecule has 0 radical (unpaired) electrons. The van der Waals surface area contributed by atoms with E-state index in [0.29, 0.717) is 5.69 Å². The first-order chi connectivity index (χ1) is 8.70. The monoisotopic (exact) mass is 251 g/mol. The third-order valence-electron chi connectivity index (χ3n) is 3.26. The lowest BCUT2D eigenvalue weighted by molar-refractivity contribution is 0.0631. The van der Waals surface area contributed by atoms with Crippen LogP contribution in [0.15, 0.2) is 12.5 Å². The number of imidazole rings is 1. The van der Waals surface area contributed by atoms with E-state index in [9.17, 15) is 4.79 Å². The van der Waals surface area contributed by atoms with Gasteiger partial charge in [-0.1, -0.05) is 0 Å². The lowest BCUT2D eigenvalue weighted by atomic mass is 10.2. The highest BCUT2D eigenvalue weighted by atomic mass is 16.2. The quantitative estimate of drug-likeness (QED) is 0.785. The Morgan fingerprint density at radius 1 is 1.39 bits per heavy atom. The SMILES string of the molecule is Cn1cnc(C(=O)N2CCN(CCCN)CC2)c1. The fourth-order valence-corrected chi connectivity index (χ4v) is 2.17. The molecule has 2 heterocycles. The van der Waals surface area contributed by atoms with Gasteiger partial charge in [-0.05, 0) is 19.5 Å². The van der Waals surface area contributed by atoms with Crippen LogP contribution in [0.5, 0.6) is 0 Å². The third-order valence-corrected chi connectivity index (χ3v) is 3.26. The highest BCUT2D eigenvalue weighted by molar-refractivity contribution is 5.92. The molecule has 0 saturated carbocycles. The Hall–Kier alpha value is -1.40. The molecule has 0 spiro atoms. The average Bonchev–Trinajstić information content (AvgIpc) is 2.83. The van der Waals surface area contributed by atoms with Crippen molar-refractivity contribution >= 4 is 5.91 Å². The highest BCUT2D eigenvalue weighted by Crippen LogP contribution is 2.07. The third kappa shape index (κ3) is 3.08. The summed E-state index contributed by atoms with van der Waals surface area (Å²) in [6, 6.07) is 0. The molecular weight excluding hydrogens is 230 g/mol. The number of nitrogens with zero attached hydrogens (tertiary/aromatic N) is 4. The van der Waals surface area contributed by atoms with Gasteiger partial charge in [-0.25, -0.2) is 4.98 Å². The van der Waals surface area contributed by atoms with E-state index in [0.717, 1.165) is 45.7 Å². The van der Waals surface area contributed by atoms with Crippen LogP contribution in [0.1, 0.15) is 16.9 Å². The number of aromatic nitrogens is 2. The van der Waals surface area contributed by atoms with E-state index in [1.54, 1.807) is 17.1 Å². The molecule has 1 aliphatic rings. The first-order valence-electron chi connectivity index (χ1n) is 6.40. The van der Waals surface area contributed by atoms with E-state index in [1.165, 1.54) is 0 Å². The second-order valence-electron chi connectivity index (χ2n) is 4.70. The van der Waals surface area contributed by atoms with Crippen LogP contribution in [-0.2, 0) is 7.05 Å². The van der Waals surface area contributed by atoms with Gasteiger partial charge in [-0.3, -0.25) is 9.69 Å². The number of rotatable bonds is 4. The van der Waals surface area contributed by atoms with Gasteiger partial charge in [0.2, 0.25) is 0 Å². The molecule has 6 nitrogen and oxygen atoms in total. The molecule has 0 atom stereocenters. The second kappa shape index (κ2) is 5.97. The van der Waals surface area contributed by atoms with Crippen LogP contribution < -0.4 is 5.73 Å². The summed E-state index contributed by atoms with van der Waals surface area (Å²) in [5.74, 6) is 0.0362. The van der Waals surface area contributed by atoms with E-state index >= 15 is 0 Å². The van der Waals surface area contributed by atoms with Gasteiger partial charge in [0.15, 0.2) is 0 Å². The van der Waals surface area contributed by atoms with Gasteiger partial charge in [0.25, 0.3) is 5.91 Å². The fourth-order valence-electron chi connectivity index (χ4n) is 2.17. The lowest BCUT2D eigenvalue weighted by Crippen LogP contribution is -2.49. The number of carbonyl (C=O) groups excluding carboxylic acids is 1. The number of nitrogens with two attached hydrogens (primary N) is 1. The van der Waals surface area contributed by atoms with Crippen molar-refractivity contribution in [1.29, 1.82) is 0 Å². The summed E-state index contributed by atoms with van der Waals surface area (Å²) >= 11 is 0. The zero-order valence-electron chi connectivity index (χ0n) is 10.9. The Kier molecular flexibility index (Phi) is 4.33. The van der Waals surface area contributed by atoms with Crippen molar-refractivity contribution in [2.45, 2.75) is 6.42 Å². The normalized spacial score (nSPS) is 17.1. The summed E-state index contributed by atoms with van der Waals surface area (Å²) in [6.07, 6.45) is 4.45. The molecule has 0 aliphatic carbocycles. The van der Waals surface area contributed by atoms with E-state index < -0.39 is 0 Å². The van der Waals surface area contributed by atoms with Crippen LogP contribution in [0.2, 0.25) is 0 Å². The molecule has 0 unspecified atom stereocenters. The topological polar surface area (TPSA) is 67.4 Å². The molecule has 2 rings (SSSR count). The van der Waals surface area contributed by atoms with Gasteiger partial charge in [0.05, 0.1) is 6.33 Å². The summed E-state index contributed by atoms with van der Waals surface area (Å²) in [4.78, 5) is 20.5. The maximum absolute atomic E-state index is 12.1. The van der Waals surface area contributed by atoms with E-state index in [2.05, 4.69) is 9.88 Å². The van der Waals surface area contributed by atoms with Crippen LogP contribution >= 0.6 is 0 Å². The number of amides is 1. The van der Waals surface area contributed by atoms with Crippen molar-refractivity contribution in [3.63, 3.8) is 0 Å². The molecule has 18 heavy (non-hydrogen) atoms. The van der Waals surface area contributed by atoms with Crippen molar-refractivity contribution in [2.24, 2.45) is 12.8 Å². The van der Waals surface area contributed by atoms with E-state index in [-0.39, 0.29) is 5.91 Å². The Labute approximate surface area is 107 Å². The van der Waals surface area contributed by atoms with Crippen LogP contribution in [0.3, 0.4) is 0 Å². The zero-order chi connectivity index (χ0) is 13.0. The maximum Gasteiger partial charge on any atom is 0.274 e. The highest BCUT2D eigenvalue weighted by Gasteiger charge is 2.22. The van der Waals surface area contributed by atoms with E-state index in [1.807, 2.05) is 11.9 Å². The largest absolute Gasteiger partial charge is 0.340 e. The van der Waals surface area contributed by atoms with Crippen molar-refractivity contribution in [1.82, 2.24) is 19.4 Å². The minimum atomic E-state index is 0.0362. The van der Waals surface area contributed by atoms with Gasteiger partial charge in [-0.15, -0.1) is 0 Å². The molecule has 1 aromatic heterocycles. The van der Waals surface area contributed by atoms with Crippen molar-refractivity contribution in [3.05, 3.63) is 18.2 Å². The van der Waals surface area contributed by atoms with E-state index in [4.69, 9.17) is 5.73 Å². The van der Waals surface area contributed by atoms with Crippen molar-refractivity contribution < 1.29 is 4.79 Å². The Balaban J connectivity index is 1.84. The summed E-state index contributed by atoms with van der Waals surface area (Å²) in [5, 5.41) is 0. The predicted molar refractivity (Wildman–Crippen MR) is 69.2 cm³/mol. The minimum absolute atomic E-state index is 0.0362. The number of hydrogen-bond donors (Lipinski definition) is 1. The molecular formula is C12H21N5O. The minimum Gasteiger partial charge on any atom is -0.340 e. The first-order valence-corrected chi connectivity index (χ1v) is 6.40. The van der Waals surface area contributed by atoms with Gasteiger partial charge in [0, 0.05) is 39.4 Å². The maximum atomic E-state index is 12.1. The van der Waals surface area contributed by atoms with Crippen LogP contribution in [-0.4, -0.2) is 64.5 Å². The van der Waals surface area contributed by atoms with Gasteiger partial charge in [0.1, 0.15) is 5.69 Å². The molecule has 1 amide bonds. The van der Waals surface area contributed by atoms with Gasteiger partial charge >= 0.3 is 0 Å². The Morgan fingerprint density at radius 2 is 2.11 bits per heavy atom. The summed E-state index contributed by atoms with van der Waals surface area (Å²) in [6.45, 7) is 5.17. The lowest BCUT2D eigenvalue weighted by Gasteiger charge is -2.34.